The quantitative estimate of drug-likeness (QED) is 0.757. The Hall–Kier alpha value is -1.37. The van der Waals surface area contributed by atoms with E-state index >= 15 is 0 Å². The van der Waals surface area contributed by atoms with E-state index in [1.807, 2.05) is 18.2 Å². The lowest BCUT2D eigenvalue weighted by molar-refractivity contribution is 0.275. The molecule has 2 rings (SSSR count). The monoisotopic (exact) mass is 285 g/mol. The third-order valence-corrected chi connectivity index (χ3v) is 4.25. The van der Waals surface area contributed by atoms with Gasteiger partial charge >= 0.3 is 0 Å². The van der Waals surface area contributed by atoms with Crippen LogP contribution in [-0.4, -0.2) is 31.1 Å². The highest BCUT2D eigenvalue weighted by Crippen LogP contribution is 2.31. The average molecular weight is 285 g/mol. The largest absolute Gasteiger partial charge is 0.306 e. The van der Waals surface area contributed by atoms with Crippen molar-refractivity contribution in [1.29, 1.82) is 5.26 Å². The van der Waals surface area contributed by atoms with E-state index in [2.05, 4.69) is 42.4 Å². The number of unbranched alkanes of at least 4 members (excludes halogenated alkanes) is 1. The third-order valence-electron chi connectivity index (χ3n) is 4.25. The van der Waals surface area contributed by atoms with Crippen molar-refractivity contribution in [3.63, 3.8) is 0 Å². The van der Waals surface area contributed by atoms with Gasteiger partial charge in [-0.1, -0.05) is 43.7 Å². The molecule has 1 fully saturated rings. The van der Waals surface area contributed by atoms with E-state index in [1.54, 1.807) is 0 Å². The molecule has 0 amide bonds. The van der Waals surface area contributed by atoms with Crippen LogP contribution in [0.5, 0.6) is 0 Å². The molecule has 1 unspecified atom stereocenters. The van der Waals surface area contributed by atoms with Crippen LogP contribution < -0.4 is 5.32 Å². The first kappa shape index (κ1) is 16.0. The summed E-state index contributed by atoms with van der Waals surface area (Å²) in [6, 6.07) is 13.3. The number of nitrogens with one attached hydrogen (secondary N) is 1. The van der Waals surface area contributed by atoms with Crippen molar-refractivity contribution in [3.05, 3.63) is 35.9 Å². The van der Waals surface area contributed by atoms with Crippen molar-refractivity contribution < 1.29 is 0 Å². The first-order chi connectivity index (χ1) is 10.2. The van der Waals surface area contributed by atoms with Crippen LogP contribution in [0, 0.1) is 11.3 Å². The maximum atomic E-state index is 9.86. The first-order valence-corrected chi connectivity index (χ1v) is 8.13. The van der Waals surface area contributed by atoms with Gasteiger partial charge in [0, 0.05) is 12.6 Å². The second-order valence-electron chi connectivity index (χ2n) is 6.21. The fourth-order valence-electron chi connectivity index (χ4n) is 2.65. The zero-order valence-electron chi connectivity index (χ0n) is 13.3. The molecule has 1 atom stereocenters. The Morgan fingerprint density at radius 2 is 2.00 bits per heavy atom. The molecule has 0 radical (unpaired) electrons. The standard InChI is InChI=1S/C18H27N3/c1-3-4-13-21(2)14-12-18(15-19,20-17-10-11-17)16-8-6-5-7-9-16/h5-9,17,20H,3-4,10-14H2,1-2H3. The van der Waals surface area contributed by atoms with E-state index in [-0.39, 0.29) is 0 Å². The highest BCUT2D eigenvalue weighted by molar-refractivity contribution is 5.32. The van der Waals surface area contributed by atoms with Gasteiger partial charge in [-0.3, -0.25) is 5.32 Å². The Kier molecular flexibility index (Phi) is 5.78. The number of hydrogen-bond donors (Lipinski definition) is 1. The Bertz CT molecular complexity index is 461. The highest BCUT2D eigenvalue weighted by atomic mass is 15.1. The minimum atomic E-state index is -0.539. The third kappa shape index (κ3) is 4.56. The van der Waals surface area contributed by atoms with Gasteiger partial charge in [0.15, 0.2) is 0 Å². The van der Waals surface area contributed by atoms with Crippen LogP contribution in [0.1, 0.15) is 44.6 Å². The predicted molar refractivity (Wildman–Crippen MR) is 86.9 cm³/mol. The molecule has 1 aliphatic carbocycles. The Balaban J connectivity index is 2.06. The maximum Gasteiger partial charge on any atom is 0.133 e. The van der Waals surface area contributed by atoms with Gasteiger partial charge in [0.25, 0.3) is 0 Å². The van der Waals surface area contributed by atoms with E-state index < -0.39 is 5.54 Å². The van der Waals surface area contributed by atoms with Crippen LogP contribution in [0.2, 0.25) is 0 Å². The molecule has 114 valence electrons. The van der Waals surface area contributed by atoms with Crippen LogP contribution in [-0.2, 0) is 5.54 Å². The molecular formula is C18H27N3. The Morgan fingerprint density at radius 3 is 2.57 bits per heavy atom. The molecule has 1 aliphatic rings. The fraction of sp³-hybridized carbons (Fsp3) is 0.611. The minimum Gasteiger partial charge on any atom is -0.306 e. The zero-order valence-corrected chi connectivity index (χ0v) is 13.3. The van der Waals surface area contributed by atoms with Crippen molar-refractivity contribution in [1.82, 2.24) is 10.2 Å². The summed E-state index contributed by atoms with van der Waals surface area (Å²) in [5.74, 6) is 0. The SMILES string of the molecule is CCCCN(C)CCC(C#N)(NC1CC1)c1ccccc1. The molecule has 0 saturated heterocycles. The number of rotatable bonds is 9. The minimum absolute atomic E-state index is 0.519. The molecular weight excluding hydrogens is 258 g/mol. The summed E-state index contributed by atoms with van der Waals surface area (Å²) in [5, 5.41) is 13.5. The molecule has 0 bridgehead atoms. The molecule has 3 heteroatoms. The molecule has 0 aromatic heterocycles. The molecule has 1 N–H and O–H groups in total. The van der Waals surface area contributed by atoms with Crippen molar-refractivity contribution in [2.45, 2.75) is 50.6 Å². The lowest BCUT2D eigenvalue weighted by Gasteiger charge is -2.30. The molecule has 0 spiro atoms. The van der Waals surface area contributed by atoms with Crippen LogP contribution in [0.3, 0.4) is 0 Å². The van der Waals surface area contributed by atoms with Crippen molar-refractivity contribution in [2.24, 2.45) is 0 Å². The molecule has 3 nitrogen and oxygen atoms in total. The van der Waals surface area contributed by atoms with Gasteiger partial charge in [0.1, 0.15) is 5.54 Å². The van der Waals surface area contributed by atoms with E-state index in [9.17, 15) is 5.26 Å². The number of nitrogens with zero attached hydrogens (tertiary/aromatic N) is 2. The van der Waals surface area contributed by atoms with E-state index in [1.165, 1.54) is 25.7 Å². The normalized spacial score (nSPS) is 17.4. The summed E-state index contributed by atoms with van der Waals surface area (Å²) in [4.78, 5) is 2.34. The van der Waals surface area contributed by atoms with Gasteiger partial charge in [-0.2, -0.15) is 5.26 Å². The Morgan fingerprint density at radius 1 is 1.29 bits per heavy atom. The van der Waals surface area contributed by atoms with E-state index in [0.717, 1.165) is 25.1 Å². The van der Waals surface area contributed by atoms with Crippen LogP contribution in [0.4, 0.5) is 0 Å². The number of hydrogen-bond acceptors (Lipinski definition) is 3. The van der Waals surface area contributed by atoms with Crippen molar-refractivity contribution in [3.8, 4) is 6.07 Å². The van der Waals surface area contributed by atoms with Crippen molar-refractivity contribution in [2.75, 3.05) is 20.1 Å². The van der Waals surface area contributed by atoms with Gasteiger partial charge in [-0.05, 0) is 44.8 Å². The van der Waals surface area contributed by atoms with E-state index in [4.69, 9.17) is 0 Å². The predicted octanol–water partition coefficient (Wildman–Crippen LogP) is 3.28. The maximum absolute atomic E-state index is 9.86. The second-order valence-corrected chi connectivity index (χ2v) is 6.21. The molecule has 0 aliphatic heterocycles. The van der Waals surface area contributed by atoms with Gasteiger partial charge in [-0.15, -0.1) is 0 Å². The highest BCUT2D eigenvalue weighted by Gasteiger charge is 2.37. The topological polar surface area (TPSA) is 39.1 Å². The Labute approximate surface area is 129 Å². The van der Waals surface area contributed by atoms with Crippen LogP contribution in [0.15, 0.2) is 30.3 Å². The lowest BCUT2D eigenvalue weighted by atomic mass is 9.87. The zero-order chi connectivity index (χ0) is 15.1. The summed E-state index contributed by atoms with van der Waals surface area (Å²) >= 11 is 0. The molecule has 21 heavy (non-hydrogen) atoms. The van der Waals surface area contributed by atoms with Gasteiger partial charge in [0.2, 0.25) is 0 Å². The number of benzene rings is 1. The van der Waals surface area contributed by atoms with Gasteiger partial charge < -0.3 is 4.90 Å². The summed E-state index contributed by atoms with van der Waals surface area (Å²) in [6.45, 7) is 4.27. The van der Waals surface area contributed by atoms with Crippen LogP contribution in [0.25, 0.3) is 0 Å². The number of nitriles is 1. The van der Waals surface area contributed by atoms with Crippen molar-refractivity contribution >= 4 is 0 Å². The van der Waals surface area contributed by atoms with Crippen LogP contribution >= 0.6 is 0 Å². The molecule has 1 aromatic rings. The fourth-order valence-corrected chi connectivity index (χ4v) is 2.65. The van der Waals surface area contributed by atoms with Gasteiger partial charge in [0.05, 0.1) is 6.07 Å². The average Bonchev–Trinajstić information content (AvgIpc) is 3.34. The smallest absolute Gasteiger partial charge is 0.133 e. The van der Waals surface area contributed by atoms with Gasteiger partial charge in [-0.25, -0.2) is 0 Å². The molecule has 1 aromatic carbocycles. The summed E-state index contributed by atoms with van der Waals surface area (Å²) in [5.41, 5.74) is 0.561. The van der Waals surface area contributed by atoms with E-state index in [0.29, 0.717) is 6.04 Å². The molecule has 0 heterocycles. The summed E-state index contributed by atoms with van der Waals surface area (Å²) < 4.78 is 0. The molecule has 1 saturated carbocycles. The second kappa shape index (κ2) is 7.59. The first-order valence-electron chi connectivity index (χ1n) is 8.13. The summed E-state index contributed by atoms with van der Waals surface area (Å²) in [6.07, 6.45) is 5.66. The summed E-state index contributed by atoms with van der Waals surface area (Å²) in [7, 11) is 2.15. The lowest BCUT2D eigenvalue weighted by Crippen LogP contribution is -2.44.